The summed E-state index contributed by atoms with van der Waals surface area (Å²) in [5.74, 6) is -0.519. The number of hydrogen-bond acceptors (Lipinski definition) is 3. The second kappa shape index (κ2) is 6.99. The highest BCUT2D eigenvalue weighted by Gasteiger charge is 2.44. The van der Waals surface area contributed by atoms with E-state index in [0.29, 0.717) is 6.54 Å². The van der Waals surface area contributed by atoms with Crippen molar-refractivity contribution >= 4 is 11.6 Å². The molecule has 3 heterocycles. The third-order valence-electron chi connectivity index (χ3n) is 5.44. The van der Waals surface area contributed by atoms with Crippen LogP contribution in [0, 0.1) is 0 Å². The molecule has 144 valence electrons. The maximum Gasteiger partial charge on any atom is 0.411 e. The minimum atomic E-state index is -4.55. The van der Waals surface area contributed by atoms with Gasteiger partial charge in [-0.2, -0.15) is 18.3 Å². The summed E-state index contributed by atoms with van der Waals surface area (Å²) in [4.78, 5) is 16.9. The van der Waals surface area contributed by atoms with Crippen molar-refractivity contribution in [2.24, 2.45) is 0 Å². The van der Waals surface area contributed by atoms with Gasteiger partial charge in [0.1, 0.15) is 0 Å². The van der Waals surface area contributed by atoms with Crippen molar-refractivity contribution < 1.29 is 18.0 Å². The van der Waals surface area contributed by atoms with Crippen LogP contribution in [0.25, 0.3) is 0 Å². The lowest BCUT2D eigenvalue weighted by atomic mass is 10.1. The zero-order valence-corrected chi connectivity index (χ0v) is 14.8. The molecule has 0 N–H and O–H groups in total. The van der Waals surface area contributed by atoms with E-state index in [1.807, 2.05) is 24.3 Å². The molecule has 5 nitrogen and oxygen atoms in total. The predicted molar refractivity (Wildman–Crippen MR) is 94.2 cm³/mol. The van der Waals surface area contributed by atoms with Gasteiger partial charge in [0.25, 0.3) is 0 Å². The molecule has 4 rings (SSSR count). The van der Waals surface area contributed by atoms with E-state index in [1.165, 1.54) is 18.5 Å². The molecule has 27 heavy (non-hydrogen) atoms. The van der Waals surface area contributed by atoms with Crippen molar-refractivity contribution in [3.63, 3.8) is 0 Å². The Kier molecular flexibility index (Phi) is 4.67. The van der Waals surface area contributed by atoms with E-state index >= 15 is 0 Å². The van der Waals surface area contributed by atoms with Crippen LogP contribution in [-0.2, 0) is 11.3 Å². The fourth-order valence-corrected chi connectivity index (χ4v) is 4.08. The van der Waals surface area contributed by atoms with Gasteiger partial charge in [-0.3, -0.25) is 14.4 Å². The number of benzene rings is 1. The van der Waals surface area contributed by atoms with Gasteiger partial charge in [0.15, 0.2) is 6.04 Å². The molecule has 0 spiro atoms. The summed E-state index contributed by atoms with van der Waals surface area (Å²) in [6.45, 7) is 2.12. The van der Waals surface area contributed by atoms with Gasteiger partial charge in [-0.25, -0.2) is 0 Å². The van der Waals surface area contributed by atoms with Crippen LogP contribution in [0.1, 0.15) is 30.9 Å². The molecule has 0 saturated carbocycles. The maximum absolute atomic E-state index is 13.6. The van der Waals surface area contributed by atoms with Crippen LogP contribution in [0.4, 0.5) is 18.9 Å². The molecule has 0 bridgehead atoms. The summed E-state index contributed by atoms with van der Waals surface area (Å²) >= 11 is 0. The average Bonchev–Trinajstić information content (AvgIpc) is 3.27. The fraction of sp³-hybridized carbons (Fsp3) is 0.474. The van der Waals surface area contributed by atoms with Crippen LogP contribution in [-0.4, -0.2) is 45.9 Å². The van der Waals surface area contributed by atoms with Crippen LogP contribution in [0.15, 0.2) is 42.7 Å². The Balaban J connectivity index is 1.63. The summed E-state index contributed by atoms with van der Waals surface area (Å²) in [6, 6.07) is 7.16. The second-order valence-electron chi connectivity index (χ2n) is 7.15. The molecule has 1 aromatic heterocycles. The van der Waals surface area contributed by atoms with Gasteiger partial charge in [-0.15, -0.1) is 0 Å². The molecule has 0 aliphatic carbocycles. The van der Waals surface area contributed by atoms with E-state index in [0.717, 1.165) is 41.9 Å². The molecule has 8 heteroatoms. The molecule has 2 aliphatic rings. The number of para-hydroxylation sites is 1. The third kappa shape index (κ3) is 3.58. The van der Waals surface area contributed by atoms with Gasteiger partial charge in [-0.05, 0) is 37.1 Å². The van der Waals surface area contributed by atoms with Crippen LogP contribution in [0.3, 0.4) is 0 Å². The van der Waals surface area contributed by atoms with E-state index in [4.69, 9.17) is 0 Å². The van der Waals surface area contributed by atoms with Gasteiger partial charge in [0, 0.05) is 37.2 Å². The van der Waals surface area contributed by atoms with Gasteiger partial charge in [0.2, 0.25) is 5.91 Å². The molecular formula is C19H21F3N4O. The summed E-state index contributed by atoms with van der Waals surface area (Å²) in [5, 5.41) is 3.71. The lowest BCUT2D eigenvalue weighted by Crippen LogP contribution is -2.42. The fourth-order valence-electron chi connectivity index (χ4n) is 4.08. The number of fused-ring (bicyclic) bond motifs is 2. The quantitative estimate of drug-likeness (QED) is 0.822. The molecule has 2 aromatic rings. The monoisotopic (exact) mass is 378 g/mol. The summed E-state index contributed by atoms with van der Waals surface area (Å²) in [7, 11) is 0. The highest BCUT2D eigenvalue weighted by Crippen LogP contribution is 2.36. The number of carbonyl (C=O) groups excluding carboxylic acids is 1. The van der Waals surface area contributed by atoms with Crippen LogP contribution >= 0.6 is 0 Å². The lowest BCUT2D eigenvalue weighted by Gasteiger charge is -2.28. The minimum absolute atomic E-state index is 0.190. The van der Waals surface area contributed by atoms with E-state index in [9.17, 15) is 18.0 Å². The number of amides is 1. The first-order chi connectivity index (χ1) is 12.9. The molecule has 0 radical (unpaired) electrons. The Labute approximate surface area is 155 Å². The molecule has 2 atom stereocenters. The highest BCUT2D eigenvalue weighted by molar-refractivity contribution is 5.94. The standard InChI is InChI=1S/C19H21F3N4O/c20-19(21,22)17(26-10-4-8-23-26)11-18(27)25-13-15-6-3-9-24(15)12-14-5-1-2-7-16(14)25/h1-2,4-5,7-8,10,15,17H,3,6,9,11-13H2. The zero-order valence-electron chi connectivity index (χ0n) is 14.8. The number of halogens is 3. The highest BCUT2D eigenvalue weighted by atomic mass is 19.4. The van der Waals surface area contributed by atoms with E-state index in [1.54, 1.807) is 4.90 Å². The van der Waals surface area contributed by atoms with E-state index in [2.05, 4.69) is 10.00 Å². The molecule has 1 aromatic carbocycles. The maximum atomic E-state index is 13.6. The Bertz CT molecular complexity index is 806. The van der Waals surface area contributed by atoms with Crippen LogP contribution in [0.2, 0.25) is 0 Å². The van der Waals surface area contributed by atoms with E-state index < -0.39 is 24.5 Å². The molecule has 1 fully saturated rings. The Morgan fingerprint density at radius 3 is 2.81 bits per heavy atom. The topological polar surface area (TPSA) is 41.4 Å². The van der Waals surface area contributed by atoms with Crippen molar-refractivity contribution in [1.82, 2.24) is 14.7 Å². The SMILES string of the molecule is O=C(CC(n1cccn1)C(F)(F)F)N1CC2CCCN2Cc2ccccc21. The molecule has 1 saturated heterocycles. The average molecular weight is 378 g/mol. The summed E-state index contributed by atoms with van der Waals surface area (Å²) < 4.78 is 41.5. The molecule has 2 aliphatic heterocycles. The number of anilines is 1. The van der Waals surface area contributed by atoms with Crippen molar-refractivity contribution in [2.45, 2.75) is 44.1 Å². The Morgan fingerprint density at radius 1 is 1.26 bits per heavy atom. The Morgan fingerprint density at radius 2 is 2.07 bits per heavy atom. The minimum Gasteiger partial charge on any atom is -0.310 e. The van der Waals surface area contributed by atoms with Crippen LogP contribution in [0.5, 0.6) is 0 Å². The number of nitrogens with zero attached hydrogens (tertiary/aromatic N) is 4. The zero-order chi connectivity index (χ0) is 19.0. The number of rotatable bonds is 3. The van der Waals surface area contributed by atoms with Gasteiger partial charge in [-0.1, -0.05) is 18.2 Å². The molecule has 2 unspecified atom stereocenters. The van der Waals surface area contributed by atoms with Gasteiger partial charge in [0.05, 0.1) is 6.42 Å². The first-order valence-corrected chi connectivity index (χ1v) is 9.11. The number of carbonyl (C=O) groups is 1. The first-order valence-electron chi connectivity index (χ1n) is 9.11. The second-order valence-corrected chi connectivity index (χ2v) is 7.15. The smallest absolute Gasteiger partial charge is 0.310 e. The number of hydrogen-bond donors (Lipinski definition) is 0. The molecule has 1 amide bonds. The van der Waals surface area contributed by atoms with Gasteiger partial charge < -0.3 is 4.90 Å². The largest absolute Gasteiger partial charge is 0.411 e. The Hall–Kier alpha value is -2.35. The summed E-state index contributed by atoms with van der Waals surface area (Å²) in [5.41, 5.74) is 1.70. The van der Waals surface area contributed by atoms with E-state index in [-0.39, 0.29) is 6.04 Å². The van der Waals surface area contributed by atoms with Crippen molar-refractivity contribution in [3.8, 4) is 0 Å². The molecular weight excluding hydrogens is 357 g/mol. The normalized spacial score (nSPS) is 21.4. The number of alkyl halides is 3. The van der Waals surface area contributed by atoms with Crippen molar-refractivity contribution in [1.29, 1.82) is 0 Å². The number of aromatic nitrogens is 2. The van der Waals surface area contributed by atoms with Gasteiger partial charge >= 0.3 is 6.18 Å². The predicted octanol–water partition coefficient (Wildman–Crippen LogP) is 3.39. The van der Waals surface area contributed by atoms with Crippen LogP contribution < -0.4 is 4.90 Å². The van der Waals surface area contributed by atoms with Crippen molar-refractivity contribution in [3.05, 3.63) is 48.3 Å². The lowest BCUT2D eigenvalue weighted by molar-refractivity contribution is -0.174. The first kappa shape index (κ1) is 18.0. The van der Waals surface area contributed by atoms with Crippen molar-refractivity contribution in [2.75, 3.05) is 18.0 Å². The summed E-state index contributed by atoms with van der Waals surface area (Å²) in [6.07, 6.45) is -0.660. The third-order valence-corrected chi connectivity index (χ3v) is 5.44.